The number of benzene rings is 2. The molecule has 0 radical (unpaired) electrons. The van der Waals surface area contributed by atoms with E-state index in [1.54, 1.807) is 25.3 Å². The van der Waals surface area contributed by atoms with Crippen molar-refractivity contribution in [2.75, 3.05) is 32.6 Å². The Kier molecular flexibility index (Phi) is 8.22. The summed E-state index contributed by atoms with van der Waals surface area (Å²) in [5.41, 5.74) is 2.48. The Morgan fingerprint density at radius 2 is 1.64 bits per heavy atom. The summed E-state index contributed by atoms with van der Waals surface area (Å²) in [5.74, 6) is 0.721. The molecule has 7 heteroatoms. The van der Waals surface area contributed by atoms with E-state index in [0.29, 0.717) is 17.1 Å². The number of amides is 1. The van der Waals surface area contributed by atoms with Crippen molar-refractivity contribution in [2.45, 2.75) is 20.4 Å². The van der Waals surface area contributed by atoms with Crippen LogP contribution in [0.1, 0.15) is 29.8 Å². The molecule has 0 heterocycles. The maximum absolute atomic E-state index is 12.4. The molecule has 1 amide bonds. The Hall–Kier alpha value is -2.64. The molecule has 0 bridgehead atoms. The highest BCUT2D eigenvalue weighted by atomic mass is 32.1. The predicted molar refractivity (Wildman–Crippen MR) is 116 cm³/mol. The molecule has 0 saturated carbocycles. The maximum Gasteiger partial charge on any atom is 0.257 e. The Morgan fingerprint density at radius 3 is 2.21 bits per heavy atom. The highest BCUT2D eigenvalue weighted by Gasteiger charge is 2.12. The molecule has 2 aromatic rings. The minimum absolute atomic E-state index is 0.233. The number of rotatable bonds is 8. The van der Waals surface area contributed by atoms with Crippen LogP contribution in [0.15, 0.2) is 42.5 Å². The third-order valence-corrected chi connectivity index (χ3v) is 4.59. The van der Waals surface area contributed by atoms with Gasteiger partial charge in [-0.1, -0.05) is 26.0 Å². The lowest BCUT2D eigenvalue weighted by molar-refractivity contribution is 0.0977. The summed E-state index contributed by atoms with van der Waals surface area (Å²) in [5, 5.41) is 5.94. The number of carbonyl (C=O) groups excluding carboxylic acids is 1. The average Bonchev–Trinajstić information content (AvgIpc) is 2.72. The standard InChI is InChI=1S/C21H27N3O3S/c1-5-24(6-2)14-15-7-10-17(11-8-15)22-21(28)23-20(25)16-9-12-18(26-3)19(13-16)27-4/h7-13H,5-6,14H2,1-4H3,(H2,22,23,25,28). The van der Waals surface area contributed by atoms with Gasteiger partial charge in [-0.05, 0) is 61.2 Å². The van der Waals surface area contributed by atoms with Crippen molar-refractivity contribution in [1.82, 2.24) is 10.2 Å². The van der Waals surface area contributed by atoms with Crippen LogP contribution in [0.25, 0.3) is 0 Å². The van der Waals surface area contributed by atoms with Gasteiger partial charge in [0.2, 0.25) is 0 Å². The average molecular weight is 402 g/mol. The third kappa shape index (κ3) is 5.94. The first-order valence-electron chi connectivity index (χ1n) is 9.16. The quantitative estimate of drug-likeness (QED) is 0.658. The molecule has 6 nitrogen and oxygen atoms in total. The van der Waals surface area contributed by atoms with E-state index in [2.05, 4.69) is 41.5 Å². The second-order valence-corrected chi connectivity index (χ2v) is 6.54. The van der Waals surface area contributed by atoms with E-state index in [0.717, 1.165) is 25.3 Å². The first kappa shape index (κ1) is 21.7. The van der Waals surface area contributed by atoms with E-state index in [1.807, 2.05) is 12.1 Å². The van der Waals surface area contributed by atoms with Gasteiger partial charge in [0.25, 0.3) is 5.91 Å². The summed E-state index contributed by atoms with van der Waals surface area (Å²) in [4.78, 5) is 14.8. The lowest BCUT2D eigenvalue weighted by Crippen LogP contribution is -2.34. The van der Waals surface area contributed by atoms with Crippen LogP contribution in [0.5, 0.6) is 11.5 Å². The Balaban J connectivity index is 1.95. The summed E-state index contributed by atoms with van der Waals surface area (Å²) in [6.07, 6.45) is 0. The van der Waals surface area contributed by atoms with Gasteiger partial charge < -0.3 is 14.8 Å². The number of ether oxygens (including phenoxy) is 2. The Morgan fingerprint density at radius 1 is 1.00 bits per heavy atom. The Bertz CT molecular complexity index is 805. The summed E-state index contributed by atoms with van der Waals surface area (Å²) in [7, 11) is 3.07. The van der Waals surface area contributed by atoms with Gasteiger partial charge >= 0.3 is 0 Å². The summed E-state index contributed by atoms with van der Waals surface area (Å²) in [6, 6.07) is 13.0. The van der Waals surface area contributed by atoms with Gasteiger partial charge in [0, 0.05) is 17.8 Å². The van der Waals surface area contributed by atoms with Crippen molar-refractivity contribution < 1.29 is 14.3 Å². The van der Waals surface area contributed by atoms with E-state index in [1.165, 1.54) is 12.7 Å². The second-order valence-electron chi connectivity index (χ2n) is 6.14. The highest BCUT2D eigenvalue weighted by Crippen LogP contribution is 2.27. The van der Waals surface area contributed by atoms with Gasteiger partial charge in [-0.2, -0.15) is 0 Å². The number of anilines is 1. The van der Waals surface area contributed by atoms with Crippen LogP contribution in [0.3, 0.4) is 0 Å². The monoisotopic (exact) mass is 401 g/mol. The summed E-state index contributed by atoms with van der Waals surface area (Å²) in [6.45, 7) is 7.25. The van der Waals surface area contributed by atoms with E-state index >= 15 is 0 Å². The number of thiocarbonyl (C=S) groups is 1. The van der Waals surface area contributed by atoms with E-state index < -0.39 is 0 Å². The minimum Gasteiger partial charge on any atom is -0.493 e. The molecule has 0 aliphatic heterocycles. The summed E-state index contributed by atoms with van der Waals surface area (Å²) < 4.78 is 10.4. The van der Waals surface area contributed by atoms with Crippen LogP contribution in [-0.2, 0) is 6.54 Å². The van der Waals surface area contributed by atoms with Crippen LogP contribution in [-0.4, -0.2) is 43.2 Å². The first-order chi connectivity index (χ1) is 13.5. The molecule has 0 unspecified atom stereocenters. The van der Waals surface area contributed by atoms with Crippen molar-refractivity contribution in [2.24, 2.45) is 0 Å². The van der Waals surface area contributed by atoms with E-state index in [-0.39, 0.29) is 11.0 Å². The second kappa shape index (κ2) is 10.6. The number of nitrogens with one attached hydrogen (secondary N) is 2. The van der Waals surface area contributed by atoms with Gasteiger partial charge in [-0.3, -0.25) is 15.0 Å². The van der Waals surface area contributed by atoms with Gasteiger partial charge in [0.05, 0.1) is 14.2 Å². The number of hydrogen-bond acceptors (Lipinski definition) is 5. The molecule has 0 atom stereocenters. The topological polar surface area (TPSA) is 62.8 Å². The third-order valence-electron chi connectivity index (χ3n) is 4.39. The SMILES string of the molecule is CCN(CC)Cc1ccc(NC(=S)NC(=O)c2ccc(OC)c(OC)c2)cc1. The fraction of sp³-hybridized carbons (Fsp3) is 0.333. The lowest BCUT2D eigenvalue weighted by Gasteiger charge is -2.18. The van der Waals surface area contributed by atoms with Crippen LogP contribution in [0, 0.1) is 0 Å². The van der Waals surface area contributed by atoms with Crippen molar-refractivity contribution in [3.63, 3.8) is 0 Å². The molecule has 0 aromatic heterocycles. The van der Waals surface area contributed by atoms with Crippen LogP contribution >= 0.6 is 12.2 Å². The van der Waals surface area contributed by atoms with Crippen molar-refractivity contribution >= 4 is 28.9 Å². The molecule has 150 valence electrons. The van der Waals surface area contributed by atoms with E-state index in [9.17, 15) is 4.79 Å². The Labute approximate surface area is 171 Å². The molecule has 2 aromatic carbocycles. The zero-order valence-corrected chi connectivity index (χ0v) is 17.6. The molecule has 0 aliphatic carbocycles. The molecule has 0 fully saturated rings. The van der Waals surface area contributed by atoms with Crippen molar-refractivity contribution in [3.8, 4) is 11.5 Å². The fourth-order valence-corrected chi connectivity index (χ4v) is 2.92. The van der Waals surface area contributed by atoms with Gasteiger partial charge in [0.1, 0.15) is 0 Å². The molecular weight excluding hydrogens is 374 g/mol. The van der Waals surface area contributed by atoms with Crippen molar-refractivity contribution in [3.05, 3.63) is 53.6 Å². The van der Waals surface area contributed by atoms with Crippen LogP contribution < -0.4 is 20.1 Å². The number of methoxy groups -OCH3 is 2. The van der Waals surface area contributed by atoms with Crippen LogP contribution in [0.4, 0.5) is 5.69 Å². The van der Waals surface area contributed by atoms with Crippen LogP contribution in [0.2, 0.25) is 0 Å². The molecule has 0 spiro atoms. The minimum atomic E-state index is -0.323. The van der Waals surface area contributed by atoms with Gasteiger partial charge in [-0.25, -0.2) is 0 Å². The van der Waals surface area contributed by atoms with E-state index in [4.69, 9.17) is 21.7 Å². The van der Waals surface area contributed by atoms with Gasteiger partial charge in [0.15, 0.2) is 16.6 Å². The predicted octanol–water partition coefficient (Wildman–Crippen LogP) is 3.67. The lowest BCUT2D eigenvalue weighted by atomic mass is 10.2. The molecule has 2 rings (SSSR count). The maximum atomic E-state index is 12.4. The zero-order valence-electron chi connectivity index (χ0n) is 16.7. The summed E-state index contributed by atoms with van der Waals surface area (Å²) >= 11 is 5.26. The van der Waals surface area contributed by atoms with Gasteiger partial charge in [-0.15, -0.1) is 0 Å². The molecule has 0 aliphatic rings. The molecular formula is C21H27N3O3S. The first-order valence-corrected chi connectivity index (χ1v) is 9.57. The van der Waals surface area contributed by atoms with Crippen molar-refractivity contribution in [1.29, 1.82) is 0 Å². The number of carbonyl (C=O) groups is 1. The number of nitrogens with zero attached hydrogens (tertiary/aromatic N) is 1. The molecule has 2 N–H and O–H groups in total. The molecule has 28 heavy (non-hydrogen) atoms. The zero-order chi connectivity index (χ0) is 20.5. The smallest absolute Gasteiger partial charge is 0.257 e. The normalized spacial score (nSPS) is 10.5. The highest BCUT2D eigenvalue weighted by molar-refractivity contribution is 7.80. The molecule has 0 saturated heterocycles. The fourth-order valence-electron chi connectivity index (χ4n) is 2.71. The number of hydrogen-bond donors (Lipinski definition) is 2. The largest absolute Gasteiger partial charge is 0.493 e.